The largest absolute Gasteiger partial charge is 0.325 e. The lowest BCUT2D eigenvalue weighted by Gasteiger charge is -2.35. The van der Waals surface area contributed by atoms with Crippen LogP contribution in [-0.4, -0.2) is 50.0 Å². The van der Waals surface area contributed by atoms with E-state index in [1.54, 1.807) is 0 Å². The topological polar surface area (TPSA) is 63.4 Å². The monoisotopic (exact) mass is 274 g/mol. The molecule has 1 saturated carbocycles. The van der Waals surface area contributed by atoms with Gasteiger partial charge in [-0.1, -0.05) is 19.3 Å². The molecule has 106 valence electrons. The van der Waals surface area contributed by atoms with Crippen LogP contribution in [-0.2, 0) is 9.84 Å². The van der Waals surface area contributed by atoms with Gasteiger partial charge in [-0.2, -0.15) is 0 Å². The first kappa shape index (κ1) is 14.3. The van der Waals surface area contributed by atoms with E-state index in [4.69, 9.17) is 5.73 Å². The second kappa shape index (κ2) is 5.88. The maximum absolute atomic E-state index is 11.5. The fourth-order valence-electron chi connectivity index (χ4n) is 3.10. The molecular weight excluding hydrogens is 248 g/mol. The molecule has 2 rings (SSSR count). The van der Waals surface area contributed by atoms with Gasteiger partial charge in [-0.05, 0) is 38.8 Å². The number of nitrogens with zero attached hydrogens (tertiary/aromatic N) is 1. The van der Waals surface area contributed by atoms with E-state index in [2.05, 4.69) is 4.90 Å². The second-order valence-electron chi connectivity index (χ2n) is 6.02. The second-order valence-corrected chi connectivity index (χ2v) is 8.32. The van der Waals surface area contributed by atoms with Gasteiger partial charge in [0, 0.05) is 12.1 Å². The molecule has 1 saturated heterocycles. The van der Waals surface area contributed by atoms with Gasteiger partial charge in [0.2, 0.25) is 0 Å². The maximum atomic E-state index is 11.5. The summed E-state index contributed by atoms with van der Waals surface area (Å²) in [6.07, 6.45) is 7.90. The van der Waals surface area contributed by atoms with E-state index < -0.39 is 9.84 Å². The van der Waals surface area contributed by atoms with E-state index in [0.29, 0.717) is 18.1 Å². The van der Waals surface area contributed by atoms with Crippen molar-refractivity contribution in [2.45, 2.75) is 50.5 Å². The van der Waals surface area contributed by atoms with Crippen LogP contribution in [0.15, 0.2) is 0 Å². The highest BCUT2D eigenvalue weighted by molar-refractivity contribution is 7.91. The Bertz CT molecular complexity index is 361. The zero-order chi connectivity index (χ0) is 13.1. The molecule has 0 radical (unpaired) electrons. The summed E-state index contributed by atoms with van der Waals surface area (Å²) in [6.45, 7) is 2.57. The van der Waals surface area contributed by atoms with Crippen molar-refractivity contribution in [2.75, 3.05) is 31.1 Å². The Balaban J connectivity index is 1.79. The summed E-state index contributed by atoms with van der Waals surface area (Å²) in [7, 11) is -2.78. The highest BCUT2D eigenvalue weighted by atomic mass is 32.2. The molecule has 0 spiro atoms. The van der Waals surface area contributed by atoms with Gasteiger partial charge in [-0.3, -0.25) is 0 Å². The summed E-state index contributed by atoms with van der Waals surface area (Å²) < 4.78 is 23.1. The highest BCUT2D eigenvalue weighted by Gasteiger charge is 2.28. The van der Waals surface area contributed by atoms with Crippen molar-refractivity contribution in [1.82, 2.24) is 4.90 Å². The Kier molecular flexibility index (Phi) is 4.67. The van der Waals surface area contributed by atoms with E-state index >= 15 is 0 Å². The summed E-state index contributed by atoms with van der Waals surface area (Å²) in [6, 6.07) is 0. The Morgan fingerprint density at radius 3 is 2.44 bits per heavy atom. The molecular formula is C13H26N2O2S. The van der Waals surface area contributed by atoms with Crippen LogP contribution in [0, 0.1) is 0 Å². The summed E-state index contributed by atoms with van der Waals surface area (Å²) in [4.78, 5) is 2.29. The molecule has 1 heterocycles. The van der Waals surface area contributed by atoms with Gasteiger partial charge in [0.1, 0.15) is 0 Å². The first-order valence-electron chi connectivity index (χ1n) is 7.21. The predicted octanol–water partition coefficient (Wildman–Crippen LogP) is 1.16. The van der Waals surface area contributed by atoms with Crippen molar-refractivity contribution in [2.24, 2.45) is 5.73 Å². The molecule has 0 amide bonds. The van der Waals surface area contributed by atoms with Gasteiger partial charge < -0.3 is 10.6 Å². The van der Waals surface area contributed by atoms with Crippen molar-refractivity contribution in [3.63, 3.8) is 0 Å². The van der Waals surface area contributed by atoms with Gasteiger partial charge in [0.15, 0.2) is 9.84 Å². The third-order valence-corrected chi connectivity index (χ3v) is 6.14. The molecule has 0 atom stereocenters. The van der Waals surface area contributed by atoms with E-state index in [1.165, 1.54) is 19.3 Å². The highest BCUT2D eigenvalue weighted by Crippen LogP contribution is 2.28. The molecule has 1 aliphatic carbocycles. The molecule has 2 N–H and O–H groups in total. The average molecular weight is 274 g/mol. The Morgan fingerprint density at radius 2 is 1.72 bits per heavy atom. The van der Waals surface area contributed by atoms with Crippen LogP contribution in [0.5, 0.6) is 0 Å². The van der Waals surface area contributed by atoms with Gasteiger partial charge in [-0.25, -0.2) is 8.42 Å². The van der Waals surface area contributed by atoms with Gasteiger partial charge in [0.25, 0.3) is 0 Å². The molecule has 2 fully saturated rings. The molecule has 5 heteroatoms. The summed E-state index contributed by atoms with van der Waals surface area (Å²) >= 11 is 0. The van der Waals surface area contributed by atoms with Gasteiger partial charge in [0.05, 0.1) is 11.5 Å². The van der Waals surface area contributed by atoms with Crippen molar-refractivity contribution in [3.8, 4) is 0 Å². The van der Waals surface area contributed by atoms with E-state index in [1.807, 2.05) is 0 Å². The lowest BCUT2D eigenvalue weighted by Crippen LogP contribution is -2.45. The lowest BCUT2D eigenvalue weighted by atomic mass is 9.80. The number of sulfone groups is 1. The Labute approximate surface area is 111 Å². The van der Waals surface area contributed by atoms with Crippen LogP contribution in [0.4, 0.5) is 0 Å². The number of hydrogen-bond acceptors (Lipinski definition) is 4. The third-order valence-electron chi connectivity index (χ3n) is 4.42. The molecule has 0 aromatic carbocycles. The number of nitrogens with two attached hydrogens (primary N) is 1. The molecule has 1 aliphatic heterocycles. The molecule has 4 nitrogen and oxygen atoms in total. The standard InChI is InChI=1S/C13H26N2O2S/c14-13(5-2-1-3-6-13)7-9-15-8-4-11-18(16,17)12-10-15/h1-12,14H2. The van der Waals surface area contributed by atoms with Crippen molar-refractivity contribution in [1.29, 1.82) is 0 Å². The molecule has 0 aromatic rings. The van der Waals surface area contributed by atoms with Crippen molar-refractivity contribution in [3.05, 3.63) is 0 Å². The molecule has 2 aliphatic rings. The van der Waals surface area contributed by atoms with Crippen LogP contribution in [0.25, 0.3) is 0 Å². The fraction of sp³-hybridized carbons (Fsp3) is 1.00. The van der Waals surface area contributed by atoms with Crippen LogP contribution in [0.1, 0.15) is 44.9 Å². The number of rotatable bonds is 3. The molecule has 0 bridgehead atoms. The Morgan fingerprint density at radius 1 is 1.00 bits per heavy atom. The molecule has 0 unspecified atom stereocenters. The third kappa shape index (κ3) is 4.21. The van der Waals surface area contributed by atoms with Gasteiger partial charge in [-0.15, -0.1) is 0 Å². The van der Waals surface area contributed by atoms with Crippen LogP contribution >= 0.6 is 0 Å². The minimum absolute atomic E-state index is 0.0173. The lowest BCUT2D eigenvalue weighted by molar-refractivity contribution is 0.216. The summed E-state index contributed by atoms with van der Waals surface area (Å²) in [5.74, 6) is 0.682. The van der Waals surface area contributed by atoms with Crippen molar-refractivity contribution >= 4 is 9.84 Å². The normalized spacial score (nSPS) is 28.7. The SMILES string of the molecule is NC1(CCN2CCCS(=O)(=O)CC2)CCCCC1. The minimum Gasteiger partial charge on any atom is -0.325 e. The van der Waals surface area contributed by atoms with Crippen LogP contribution in [0.2, 0.25) is 0 Å². The molecule has 18 heavy (non-hydrogen) atoms. The summed E-state index contributed by atoms with van der Waals surface area (Å²) in [5.41, 5.74) is 6.44. The van der Waals surface area contributed by atoms with E-state index in [0.717, 1.165) is 38.8 Å². The first-order valence-corrected chi connectivity index (χ1v) is 9.03. The van der Waals surface area contributed by atoms with Gasteiger partial charge >= 0.3 is 0 Å². The minimum atomic E-state index is -2.78. The fourth-order valence-corrected chi connectivity index (χ4v) is 4.41. The quantitative estimate of drug-likeness (QED) is 0.839. The van der Waals surface area contributed by atoms with Crippen LogP contribution < -0.4 is 5.73 Å². The zero-order valence-electron chi connectivity index (χ0n) is 11.2. The zero-order valence-corrected chi connectivity index (χ0v) is 12.1. The van der Waals surface area contributed by atoms with Crippen LogP contribution in [0.3, 0.4) is 0 Å². The average Bonchev–Trinajstić information content (AvgIpc) is 2.49. The predicted molar refractivity (Wildman–Crippen MR) is 74.3 cm³/mol. The van der Waals surface area contributed by atoms with E-state index in [9.17, 15) is 8.42 Å². The molecule has 0 aromatic heterocycles. The smallest absolute Gasteiger partial charge is 0.151 e. The first-order chi connectivity index (χ1) is 8.49. The van der Waals surface area contributed by atoms with E-state index in [-0.39, 0.29) is 5.54 Å². The maximum Gasteiger partial charge on any atom is 0.151 e. The Hall–Kier alpha value is -0.130. The van der Waals surface area contributed by atoms with Crippen molar-refractivity contribution < 1.29 is 8.42 Å². The summed E-state index contributed by atoms with van der Waals surface area (Å²) in [5, 5.41) is 0. The number of hydrogen-bond donors (Lipinski definition) is 1.